The molecule has 12 atom stereocenters. The van der Waals surface area contributed by atoms with E-state index < -0.39 is 59.3 Å². The summed E-state index contributed by atoms with van der Waals surface area (Å²) in [6.45, 7) is 0. The average Bonchev–Trinajstić information content (AvgIpc) is 2.86. The number of alkyl halides is 4. The lowest BCUT2D eigenvalue weighted by atomic mass is 9.48. The van der Waals surface area contributed by atoms with E-state index in [9.17, 15) is 18.4 Å². The highest BCUT2D eigenvalue weighted by Crippen LogP contribution is 2.63. The summed E-state index contributed by atoms with van der Waals surface area (Å²) in [4.78, 5) is 26.3. The highest BCUT2D eigenvalue weighted by Gasteiger charge is 2.67. The maximum absolute atomic E-state index is 15.3. The SMILES string of the molecule is O=C(Oc1ccc(OC(=O)C23CC4CC(C2)C(F)C(C4)C3F)cc1)C12CC3CC(C1)C(F)C(C3)C2F. The molecule has 0 radical (unpaired) electrons. The predicted molar refractivity (Wildman–Crippen MR) is 120 cm³/mol. The Balaban J connectivity index is 1.04. The summed E-state index contributed by atoms with van der Waals surface area (Å²) in [5, 5.41) is 0. The molecular formula is C28H30F4O4. The molecule has 4 nitrogen and oxygen atoms in total. The van der Waals surface area contributed by atoms with Crippen LogP contribution in [0.4, 0.5) is 17.6 Å². The molecule has 8 bridgehead atoms. The summed E-state index contributed by atoms with van der Waals surface area (Å²) in [5.74, 6) is -2.72. The maximum atomic E-state index is 15.3. The van der Waals surface area contributed by atoms with Gasteiger partial charge in [0.2, 0.25) is 0 Å². The highest BCUT2D eigenvalue weighted by atomic mass is 19.2. The molecule has 8 saturated carbocycles. The molecule has 0 N–H and O–H groups in total. The van der Waals surface area contributed by atoms with E-state index in [0.29, 0.717) is 38.5 Å². The van der Waals surface area contributed by atoms with E-state index in [1.165, 1.54) is 24.3 Å². The van der Waals surface area contributed by atoms with Crippen LogP contribution in [0, 0.1) is 46.3 Å². The van der Waals surface area contributed by atoms with Crippen LogP contribution in [0.1, 0.15) is 51.4 Å². The standard InChI is InChI=1S/C28H30F4O4/c29-21-15-5-13-7-19(21)23(31)27(9-13,11-15)25(33)35-17-1-2-18(4-3-17)36-26(34)28-10-14-6-16(12-28)22(30)20(8-14)24(28)32/h1-4,13-16,19-24H,5-12H2. The Morgan fingerprint density at radius 1 is 0.639 bits per heavy atom. The van der Waals surface area contributed by atoms with Gasteiger partial charge in [-0.05, 0) is 99.3 Å². The van der Waals surface area contributed by atoms with E-state index in [0.717, 1.165) is 0 Å². The minimum atomic E-state index is -1.55. The van der Waals surface area contributed by atoms with Crippen molar-refractivity contribution in [3.63, 3.8) is 0 Å². The van der Waals surface area contributed by atoms with Crippen molar-refractivity contribution < 1.29 is 36.6 Å². The fraction of sp³-hybridized carbons (Fsp3) is 0.714. The molecule has 36 heavy (non-hydrogen) atoms. The van der Waals surface area contributed by atoms with Crippen molar-refractivity contribution in [1.29, 1.82) is 0 Å². The summed E-state index contributed by atoms with van der Waals surface area (Å²) in [7, 11) is 0. The zero-order valence-electron chi connectivity index (χ0n) is 19.9. The lowest BCUT2D eigenvalue weighted by Gasteiger charge is -2.58. The summed E-state index contributed by atoms with van der Waals surface area (Å²) in [5.41, 5.74) is -2.60. The zero-order valence-corrected chi connectivity index (χ0v) is 19.9. The molecular weight excluding hydrogens is 476 g/mol. The maximum Gasteiger partial charge on any atom is 0.320 e. The Bertz CT molecular complexity index is 1010. The lowest BCUT2D eigenvalue weighted by molar-refractivity contribution is -0.190. The first-order valence-corrected chi connectivity index (χ1v) is 13.3. The second-order valence-electron chi connectivity index (χ2n) is 12.6. The minimum Gasteiger partial charge on any atom is -0.426 e. The van der Waals surface area contributed by atoms with Crippen LogP contribution in [-0.2, 0) is 9.59 Å². The molecule has 0 aromatic heterocycles. The Labute approximate surface area is 207 Å². The highest BCUT2D eigenvalue weighted by molar-refractivity contribution is 5.82. The number of ether oxygens (including phenoxy) is 2. The minimum absolute atomic E-state index is 0.152. The van der Waals surface area contributed by atoms with E-state index in [4.69, 9.17) is 9.47 Å². The van der Waals surface area contributed by atoms with Crippen LogP contribution < -0.4 is 9.47 Å². The van der Waals surface area contributed by atoms with Crippen molar-refractivity contribution in [2.75, 3.05) is 0 Å². The van der Waals surface area contributed by atoms with Gasteiger partial charge in [0.25, 0.3) is 0 Å². The molecule has 8 aliphatic carbocycles. The number of esters is 2. The van der Waals surface area contributed by atoms with Crippen LogP contribution in [0.2, 0.25) is 0 Å². The second-order valence-corrected chi connectivity index (χ2v) is 12.6. The van der Waals surface area contributed by atoms with E-state index in [1.54, 1.807) is 0 Å². The van der Waals surface area contributed by atoms with Crippen molar-refractivity contribution in [2.45, 2.75) is 76.1 Å². The lowest BCUT2D eigenvalue weighted by Crippen LogP contribution is -2.62. The average molecular weight is 507 g/mol. The summed E-state index contributed by atoms with van der Waals surface area (Å²) < 4.78 is 70.7. The number of hydrogen-bond acceptors (Lipinski definition) is 4. The van der Waals surface area contributed by atoms with E-state index in [2.05, 4.69) is 0 Å². The number of carbonyl (C=O) groups excluding carboxylic acids is 2. The van der Waals surface area contributed by atoms with Crippen LogP contribution in [0.3, 0.4) is 0 Å². The van der Waals surface area contributed by atoms with Gasteiger partial charge in [-0.2, -0.15) is 0 Å². The molecule has 194 valence electrons. The van der Waals surface area contributed by atoms with Crippen LogP contribution >= 0.6 is 0 Å². The Morgan fingerprint density at radius 3 is 1.42 bits per heavy atom. The Morgan fingerprint density at radius 2 is 1.03 bits per heavy atom. The van der Waals surface area contributed by atoms with Gasteiger partial charge in [-0.3, -0.25) is 9.59 Å². The molecule has 8 heteroatoms. The second kappa shape index (κ2) is 7.70. The quantitative estimate of drug-likeness (QED) is 0.298. The van der Waals surface area contributed by atoms with Crippen molar-refractivity contribution in [1.82, 2.24) is 0 Å². The van der Waals surface area contributed by atoms with Gasteiger partial charge in [0.1, 0.15) is 47.0 Å². The number of hydrogen-bond donors (Lipinski definition) is 0. The summed E-state index contributed by atoms with van der Waals surface area (Å²) in [6.07, 6.45) is -1.98. The van der Waals surface area contributed by atoms with Gasteiger partial charge in [0, 0.05) is 11.8 Å². The van der Waals surface area contributed by atoms with Crippen LogP contribution in [0.25, 0.3) is 0 Å². The summed E-state index contributed by atoms with van der Waals surface area (Å²) >= 11 is 0. The number of rotatable bonds is 4. The van der Waals surface area contributed by atoms with Gasteiger partial charge in [-0.1, -0.05) is 0 Å². The Kier molecular flexibility index (Phi) is 4.93. The van der Waals surface area contributed by atoms with Gasteiger partial charge >= 0.3 is 11.9 Å². The van der Waals surface area contributed by atoms with Gasteiger partial charge in [-0.25, -0.2) is 17.6 Å². The first kappa shape index (κ1) is 23.0. The molecule has 8 aliphatic rings. The molecule has 8 fully saturated rings. The molecule has 9 rings (SSSR count). The van der Waals surface area contributed by atoms with E-state index in [1.807, 2.05) is 0 Å². The first-order chi connectivity index (χ1) is 17.2. The van der Waals surface area contributed by atoms with E-state index >= 15 is 8.78 Å². The van der Waals surface area contributed by atoms with Crippen molar-refractivity contribution >= 4 is 11.9 Å². The van der Waals surface area contributed by atoms with Crippen molar-refractivity contribution in [3.8, 4) is 11.5 Å². The fourth-order valence-corrected chi connectivity index (χ4v) is 9.28. The number of carbonyl (C=O) groups is 2. The molecule has 0 amide bonds. The largest absolute Gasteiger partial charge is 0.426 e. The van der Waals surface area contributed by atoms with Gasteiger partial charge in [0.15, 0.2) is 0 Å². The molecule has 0 aliphatic heterocycles. The van der Waals surface area contributed by atoms with E-state index in [-0.39, 0.29) is 48.0 Å². The van der Waals surface area contributed by atoms with Crippen molar-refractivity contribution in [2.24, 2.45) is 46.3 Å². The van der Waals surface area contributed by atoms with Crippen molar-refractivity contribution in [3.05, 3.63) is 24.3 Å². The Hall–Kier alpha value is -2.12. The van der Waals surface area contributed by atoms with Gasteiger partial charge in [-0.15, -0.1) is 0 Å². The molecule has 0 heterocycles. The van der Waals surface area contributed by atoms with Crippen LogP contribution in [-0.4, -0.2) is 36.6 Å². The molecule has 0 saturated heterocycles. The first-order valence-electron chi connectivity index (χ1n) is 13.3. The monoisotopic (exact) mass is 506 g/mol. The topological polar surface area (TPSA) is 52.6 Å². The van der Waals surface area contributed by atoms with Crippen LogP contribution in [0.5, 0.6) is 11.5 Å². The normalized spacial score (nSPS) is 49.8. The third-order valence-electron chi connectivity index (χ3n) is 10.6. The third kappa shape index (κ3) is 3.05. The number of benzene rings is 1. The molecule has 1 aromatic rings. The van der Waals surface area contributed by atoms with Gasteiger partial charge < -0.3 is 9.47 Å². The molecule has 1 aromatic carbocycles. The number of halogens is 4. The molecule has 12 unspecified atom stereocenters. The third-order valence-corrected chi connectivity index (χ3v) is 10.6. The summed E-state index contributed by atoms with van der Waals surface area (Å²) in [6, 6.07) is 5.82. The fourth-order valence-electron chi connectivity index (χ4n) is 9.28. The van der Waals surface area contributed by atoms with Crippen LogP contribution in [0.15, 0.2) is 24.3 Å². The predicted octanol–water partition coefficient (Wildman–Crippen LogP) is 5.72. The molecule has 0 spiro atoms. The smallest absolute Gasteiger partial charge is 0.320 e. The van der Waals surface area contributed by atoms with Gasteiger partial charge in [0.05, 0.1) is 0 Å². The zero-order chi connectivity index (χ0) is 25.0.